The highest BCUT2D eigenvalue weighted by molar-refractivity contribution is 7.22. The van der Waals surface area contributed by atoms with E-state index in [1.807, 2.05) is 30.3 Å². The van der Waals surface area contributed by atoms with Crippen LogP contribution in [0.25, 0.3) is 31.8 Å². The normalized spacial score (nSPS) is 15.6. The summed E-state index contributed by atoms with van der Waals surface area (Å²) in [5.41, 5.74) is 10.4. The molecule has 3 N–H and O–H groups in total. The van der Waals surface area contributed by atoms with Crippen molar-refractivity contribution in [2.75, 3.05) is 0 Å². The Balaban J connectivity index is 1.71. The maximum atomic E-state index is 12.5. The van der Waals surface area contributed by atoms with Crippen LogP contribution in [0.1, 0.15) is 24.8 Å². The van der Waals surface area contributed by atoms with Crippen LogP contribution in [-0.2, 0) is 5.54 Å². The number of nitrogens with zero attached hydrogens (tertiary/aromatic N) is 1. The van der Waals surface area contributed by atoms with Crippen LogP contribution in [0.2, 0.25) is 0 Å². The zero-order valence-electron chi connectivity index (χ0n) is 14.7. The van der Waals surface area contributed by atoms with Gasteiger partial charge in [-0.2, -0.15) is 0 Å². The molecule has 27 heavy (non-hydrogen) atoms. The molecule has 0 aliphatic heterocycles. The molecule has 0 bridgehead atoms. The molecule has 4 nitrogen and oxygen atoms in total. The van der Waals surface area contributed by atoms with Gasteiger partial charge in [0.05, 0.1) is 11.7 Å². The lowest BCUT2D eigenvalue weighted by Crippen LogP contribution is -2.43. The lowest BCUT2D eigenvalue weighted by molar-refractivity contribution is 0.253. The van der Waals surface area contributed by atoms with Crippen molar-refractivity contribution in [3.63, 3.8) is 0 Å². The lowest BCUT2D eigenvalue weighted by atomic mass is 9.72. The number of hydrogen-bond acceptors (Lipinski definition) is 4. The predicted molar refractivity (Wildman–Crippen MR) is 111 cm³/mol. The topological polar surface area (TPSA) is 71.8 Å². The molecule has 5 rings (SSSR count). The zero-order chi connectivity index (χ0) is 18.4. The molecule has 1 aliphatic rings. The standard InChI is InChI=1S/C22H19N3OS/c23-22(11-4-12-22)16-9-7-15(8-10-16)19-17(14-5-2-1-3-6-14)18-20(26)24-13-25-21(18)27-19/h1-3,5-10,13H,4,11-12,23H2,(H,24,25,26). The molecule has 0 atom stereocenters. The Morgan fingerprint density at radius 2 is 1.74 bits per heavy atom. The van der Waals surface area contributed by atoms with E-state index >= 15 is 0 Å². The first-order valence-electron chi connectivity index (χ1n) is 9.11. The number of thiophene rings is 1. The van der Waals surface area contributed by atoms with E-state index in [-0.39, 0.29) is 11.1 Å². The molecule has 0 radical (unpaired) electrons. The Morgan fingerprint density at radius 3 is 2.41 bits per heavy atom. The van der Waals surface area contributed by atoms with Crippen molar-refractivity contribution >= 4 is 21.6 Å². The SMILES string of the molecule is NC1(c2ccc(-c3sc4nc[nH]c(=O)c4c3-c3ccccc3)cc2)CCC1. The van der Waals surface area contributed by atoms with E-state index in [1.54, 1.807) is 11.3 Å². The second-order valence-corrected chi connectivity index (χ2v) is 8.17. The van der Waals surface area contributed by atoms with Crippen LogP contribution >= 0.6 is 11.3 Å². The summed E-state index contributed by atoms with van der Waals surface area (Å²) in [6, 6.07) is 18.5. The number of fused-ring (bicyclic) bond motifs is 1. The number of hydrogen-bond donors (Lipinski definition) is 2. The third-order valence-corrected chi connectivity index (χ3v) is 6.67. The van der Waals surface area contributed by atoms with Gasteiger partial charge in [-0.1, -0.05) is 54.6 Å². The van der Waals surface area contributed by atoms with Gasteiger partial charge in [0.2, 0.25) is 0 Å². The Hall–Kier alpha value is -2.76. The van der Waals surface area contributed by atoms with Crippen LogP contribution in [0.4, 0.5) is 0 Å². The minimum Gasteiger partial charge on any atom is -0.321 e. The molecule has 0 saturated heterocycles. The molecule has 2 heterocycles. The number of nitrogens with two attached hydrogens (primary N) is 1. The van der Waals surface area contributed by atoms with E-state index < -0.39 is 0 Å². The van der Waals surface area contributed by atoms with Crippen LogP contribution in [-0.4, -0.2) is 9.97 Å². The number of benzene rings is 2. The molecule has 0 spiro atoms. The fourth-order valence-corrected chi connectivity index (χ4v) is 5.00. The van der Waals surface area contributed by atoms with Crippen molar-refractivity contribution in [3.8, 4) is 21.6 Å². The van der Waals surface area contributed by atoms with E-state index in [0.29, 0.717) is 5.39 Å². The second-order valence-electron chi connectivity index (χ2n) is 7.17. The molecular weight excluding hydrogens is 354 g/mol. The van der Waals surface area contributed by atoms with E-state index in [2.05, 4.69) is 34.2 Å². The van der Waals surface area contributed by atoms with Crippen molar-refractivity contribution in [1.82, 2.24) is 9.97 Å². The number of nitrogens with one attached hydrogen (secondary N) is 1. The lowest BCUT2D eigenvalue weighted by Gasteiger charge is -2.38. The molecule has 4 aromatic rings. The summed E-state index contributed by atoms with van der Waals surface area (Å²) < 4.78 is 0. The molecular formula is C22H19N3OS. The molecule has 1 fully saturated rings. The van der Waals surface area contributed by atoms with Crippen LogP contribution in [0, 0.1) is 0 Å². The number of rotatable bonds is 3. The minimum atomic E-state index is -0.167. The molecule has 0 unspecified atom stereocenters. The average molecular weight is 373 g/mol. The van der Waals surface area contributed by atoms with E-state index in [9.17, 15) is 4.79 Å². The Bertz CT molecular complexity index is 1170. The minimum absolute atomic E-state index is 0.103. The average Bonchev–Trinajstić information content (AvgIpc) is 3.08. The summed E-state index contributed by atoms with van der Waals surface area (Å²) in [5.74, 6) is 0. The summed E-state index contributed by atoms with van der Waals surface area (Å²) in [4.78, 5) is 21.5. The number of aromatic amines is 1. The molecule has 2 aromatic carbocycles. The summed E-state index contributed by atoms with van der Waals surface area (Å²) in [7, 11) is 0. The van der Waals surface area contributed by atoms with Gasteiger partial charge < -0.3 is 10.7 Å². The summed E-state index contributed by atoms with van der Waals surface area (Å²) in [5, 5.41) is 0.655. The third kappa shape index (κ3) is 2.62. The van der Waals surface area contributed by atoms with Gasteiger partial charge in [-0.3, -0.25) is 4.79 Å². The van der Waals surface area contributed by atoms with Gasteiger partial charge in [0.15, 0.2) is 0 Å². The maximum Gasteiger partial charge on any atom is 0.260 e. The Kier molecular flexibility index (Phi) is 3.74. The van der Waals surface area contributed by atoms with Crippen molar-refractivity contribution in [1.29, 1.82) is 0 Å². The van der Waals surface area contributed by atoms with Gasteiger partial charge in [-0.15, -0.1) is 11.3 Å². The van der Waals surface area contributed by atoms with Crippen LogP contribution in [0.15, 0.2) is 65.7 Å². The largest absolute Gasteiger partial charge is 0.321 e. The van der Waals surface area contributed by atoms with Crippen LogP contribution < -0.4 is 11.3 Å². The highest BCUT2D eigenvalue weighted by Crippen LogP contribution is 2.44. The Morgan fingerprint density at radius 1 is 1.00 bits per heavy atom. The van der Waals surface area contributed by atoms with E-state index in [4.69, 9.17) is 5.73 Å². The highest BCUT2D eigenvalue weighted by atomic mass is 32.1. The first kappa shape index (κ1) is 16.4. The Labute approximate surface area is 160 Å². The van der Waals surface area contributed by atoms with Gasteiger partial charge in [0.25, 0.3) is 5.56 Å². The van der Waals surface area contributed by atoms with Gasteiger partial charge in [-0.05, 0) is 36.0 Å². The van der Waals surface area contributed by atoms with Crippen LogP contribution in [0.3, 0.4) is 0 Å². The molecule has 1 aliphatic carbocycles. The third-order valence-electron chi connectivity index (χ3n) is 5.52. The molecule has 2 aromatic heterocycles. The van der Waals surface area contributed by atoms with E-state index in [1.165, 1.54) is 18.3 Å². The van der Waals surface area contributed by atoms with Crippen molar-refractivity contribution < 1.29 is 0 Å². The van der Waals surface area contributed by atoms with Gasteiger partial charge in [0, 0.05) is 16.0 Å². The quantitative estimate of drug-likeness (QED) is 0.549. The summed E-state index contributed by atoms with van der Waals surface area (Å²) >= 11 is 1.56. The smallest absolute Gasteiger partial charge is 0.260 e. The first-order valence-corrected chi connectivity index (χ1v) is 9.93. The van der Waals surface area contributed by atoms with Gasteiger partial charge in [0.1, 0.15) is 4.83 Å². The van der Waals surface area contributed by atoms with E-state index in [0.717, 1.165) is 39.2 Å². The number of H-pyrrole nitrogens is 1. The van der Waals surface area contributed by atoms with Crippen LogP contribution in [0.5, 0.6) is 0 Å². The molecule has 0 amide bonds. The van der Waals surface area contributed by atoms with Crippen molar-refractivity contribution in [2.45, 2.75) is 24.8 Å². The maximum absolute atomic E-state index is 12.5. The summed E-state index contributed by atoms with van der Waals surface area (Å²) in [6.45, 7) is 0. The second kappa shape index (κ2) is 6.15. The zero-order valence-corrected chi connectivity index (χ0v) is 15.6. The summed E-state index contributed by atoms with van der Waals surface area (Å²) in [6.07, 6.45) is 4.76. The fourth-order valence-electron chi connectivity index (χ4n) is 3.83. The predicted octanol–water partition coefficient (Wildman–Crippen LogP) is 4.66. The molecule has 134 valence electrons. The van der Waals surface area contributed by atoms with Crippen molar-refractivity contribution in [3.05, 3.63) is 76.8 Å². The van der Waals surface area contributed by atoms with Gasteiger partial charge in [-0.25, -0.2) is 4.98 Å². The van der Waals surface area contributed by atoms with Crippen molar-refractivity contribution in [2.24, 2.45) is 5.73 Å². The molecule has 5 heteroatoms. The first-order chi connectivity index (χ1) is 13.2. The molecule has 1 saturated carbocycles. The highest BCUT2D eigenvalue weighted by Gasteiger charge is 2.34. The monoisotopic (exact) mass is 373 g/mol. The fraction of sp³-hybridized carbons (Fsp3) is 0.182. The number of aromatic nitrogens is 2. The van der Waals surface area contributed by atoms with Gasteiger partial charge >= 0.3 is 0 Å².